The summed E-state index contributed by atoms with van der Waals surface area (Å²) in [5.74, 6) is -0.473. The third-order valence-corrected chi connectivity index (χ3v) is 7.13. The number of carbonyl (C=O) groups is 1. The summed E-state index contributed by atoms with van der Waals surface area (Å²) in [6.07, 6.45) is 0.162. The highest BCUT2D eigenvalue weighted by atomic mass is 35.5. The Morgan fingerprint density at radius 2 is 1.68 bits per heavy atom. The lowest BCUT2D eigenvalue weighted by atomic mass is 10.0. The largest absolute Gasteiger partial charge is 0.324 e. The van der Waals surface area contributed by atoms with Gasteiger partial charge < -0.3 is 5.32 Å². The number of benzene rings is 3. The number of amides is 1. The van der Waals surface area contributed by atoms with Gasteiger partial charge >= 0.3 is 0 Å². The van der Waals surface area contributed by atoms with Crippen LogP contribution in [0.25, 0.3) is 0 Å². The van der Waals surface area contributed by atoms with Crippen LogP contribution in [0.1, 0.15) is 16.7 Å². The van der Waals surface area contributed by atoms with Gasteiger partial charge in [-0.05, 0) is 61.2 Å². The molecule has 0 aliphatic heterocycles. The second-order valence-corrected chi connectivity index (χ2v) is 9.70. The second-order valence-electron chi connectivity index (χ2n) is 7.18. The van der Waals surface area contributed by atoms with E-state index < -0.39 is 22.0 Å². The Kier molecular flexibility index (Phi) is 7.38. The molecule has 0 fully saturated rings. The molecule has 0 aliphatic rings. The lowest BCUT2D eigenvalue weighted by Gasteiger charge is -2.20. The molecule has 0 heterocycles. The van der Waals surface area contributed by atoms with E-state index in [1.165, 1.54) is 18.2 Å². The minimum atomic E-state index is -4.12. The van der Waals surface area contributed by atoms with E-state index in [4.69, 9.17) is 23.2 Å². The molecule has 0 unspecified atom stereocenters. The summed E-state index contributed by atoms with van der Waals surface area (Å²) in [6, 6.07) is 17.8. The zero-order valence-electron chi connectivity index (χ0n) is 17.0. The first-order valence-corrected chi connectivity index (χ1v) is 11.8. The molecule has 3 aromatic carbocycles. The number of hydrogen-bond donors (Lipinski definition) is 2. The van der Waals surface area contributed by atoms with E-state index in [2.05, 4.69) is 10.0 Å². The van der Waals surface area contributed by atoms with Crippen LogP contribution in [0.5, 0.6) is 0 Å². The smallest absolute Gasteiger partial charge is 0.242 e. The quantitative estimate of drug-likeness (QED) is 0.495. The molecule has 0 aromatic heterocycles. The maximum atomic E-state index is 13.1. The number of anilines is 1. The molecule has 162 valence electrons. The van der Waals surface area contributed by atoms with Gasteiger partial charge in [0.2, 0.25) is 15.9 Å². The van der Waals surface area contributed by atoms with Crippen molar-refractivity contribution in [2.45, 2.75) is 31.2 Å². The Hall–Kier alpha value is -2.38. The molecule has 1 atom stereocenters. The molecule has 1 amide bonds. The van der Waals surface area contributed by atoms with E-state index in [-0.39, 0.29) is 21.4 Å². The highest BCUT2D eigenvalue weighted by molar-refractivity contribution is 7.89. The van der Waals surface area contributed by atoms with Gasteiger partial charge in [0, 0.05) is 10.7 Å². The van der Waals surface area contributed by atoms with Gasteiger partial charge in [-0.3, -0.25) is 4.79 Å². The molecule has 0 spiro atoms. The highest BCUT2D eigenvalue weighted by Crippen LogP contribution is 2.25. The summed E-state index contributed by atoms with van der Waals surface area (Å²) >= 11 is 12.1. The molecule has 3 aromatic rings. The van der Waals surface area contributed by atoms with Crippen LogP contribution in [-0.2, 0) is 21.2 Å². The zero-order chi connectivity index (χ0) is 22.6. The van der Waals surface area contributed by atoms with Gasteiger partial charge in [-0.1, -0.05) is 65.7 Å². The molecule has 0 aliphatic carbocycles. The number of carbonyl (C=O) groups excluding carboxylic acids is 1. The van der Waals surface area contributed by atoms with Crippen molar-refractivity contribution >= 4 is 44.8 Å². The first-order valence-electron chi connectivity index (χ1n) is 9.56. The normalized spacial score (nSPS) is 12.4. The lowest BCUT2D eigenvalue weighted by molar-refractivity contribution is -0.117. The monoisotopic (exact) mass is 476 g/mol. The summed E-state index contributed by atoms with van der Waals surface area (Å²) in [7, 11) is -4.12. The second kappa shape index (κ2) is 9.83. The van der Waals surface area contributed by atoms with Crippen LogP contribution in [0.15, 0.2) is 71.6 Å². The fourth-order valence-corrected chi connectivity index (χ4v) is 5.04. The number of aryl methyl sites for hydroxylation is 1. The third-order valence-electron chi connectivity index (χ3n) is 4.94. The van der Waals surface area contributed by atoms with E-state index in [1.54, 1.807) is 6.07 Å². The molecule has 0 bridgehead atoms. The predicted molar refractivity (Wildman–Crippen MR) is 125 cm³/mol. The third kappa shape index (κ3) is 5.86. The number of halogens is 2. The van der Waals surface area contributed by atoms with E-state index >= 15 is 0 Å². The van der Waals surface area contributed by atoms with Crippen LogP contribution in [0.2, 0.25) is 10.0 Å². The minimum Gasteiger partial charge on any atom is -0.324 e. The van der Waals surface area contributed by atoms with Crippen LogP contribution in [0, 0.1) is 13.8 Å². The Balaban J connectivity index is 1.93. The molecule has 0 saturated heterocycles. The topological polar surface area (TPSA) is 75.3 Å². The first-order chi connectivity index (χ1) is 14.7. The van der Waals surface area contributed by atoms with Crippen molar-refractivity contribution < 1.29 is 13.2 Å². The van der Waals surface area contributed by atoms with Crippen molar-refractivity contribution in [1.82, 2.24) is 4.72 Å². The van der Waals surface area contributed by atoms with Gasteiger partial charge in [0.05, 0.1) is 5.02 Å². The summed E-state index contributed by atoms with van der Waals surface area (Å²) < 4.78 is 28.6. The van der Waals surface area contributed by atoms with Gasteiger partial charge in [-0.25, -0.2) is 8.42 Å². The number of sulfonamides is 1. The Labute approximate surface area is 192 Å². The maximum Gasteiger partial charge on any atom is 0.242 e. The van der Waals surface area contributed by atoms with Gasteiger partial charge in [-0.15, -0.1) is 0 Å². The van der Waals surface area contributed by atoms with E-state index in [0.29, 0.717) is 5.69 Å². The van der Waals surface area contributed by atoms with Crippen LogP contribution in [-0.4, -0.2) is 20.4 Å². The molecule has 2 N–H and O–H groups in total. The average Bonchev–Trinajstić information content (AvgIpc) is 2.73. The summed E-state index contributed by atoms with van der Waals surface area (Å²) in [5.41, 5.74) is 3.37. The lowest BCUT2D eigenvalue weighted by Crippen LogP contribution is -2.45. The predicted octanol–water partition coefficient (Wildman–Crippen LogP) is 5.14. The molecule has 31 heavy (non-hydrogen) atoms. The first kappa shape index (κ1) is 23.3. The molecular formula is C23H22Cl2N2O3S. The maximum absolute atomic E-state index is 13.1. The van der Waals surface area contributed by atoms with Crippen molar-refractivity contribution in [3.8, 4) is 0 Å². The Morgan fingerprint density at radius 1 is 0.968 bits per heavy atom. The zero-order valence-corrected chi connectivity index (χ0v) is 19.4. The molecule has 0 saturated carbocycles. The summed E-state index contributed by atoms with van der Waals surface area (Å²) in [6.45, 7) is 3.84. The van der Waals surface area contributed by atoms with Crippen LogP contribution >= 0.6 is 23.2 Å². The van der Waals surface area contributed by atoms with E-state index in [9.17, 15) is 13.2 Å². The Bertz CT molecular complexity index is 1200. The van der Waals surface area contributed by atoms with E-state index in [1.807, 2.05) is 56.3 Å². The minimum absolute atomic E-state index is 0.0188. The molecule has 0 radical (unpaired) electrons. The van der Waals surface area contributed by atoms with Gasteiger partial charge in [0.1, 0.15) is 10.9 Å². The number of hydrogen-bond acceptors (Lipinski definition) is 3. The van der Waals surface area contributed by atoms with Crippen molar-refractivity contribution in [3.63, 3.8) is 0 Å². The Morgan fingerprint density at radius 3 is 2.39 bits per heavy atom. The van der Waals surface area contributed by atoms with Crippen molar-refractivity contribution in [1.29, 1.82) is 0 Å². The van der Waals surface area contributed by atoms with Crippen molar-refractivity contribution in [2.24, 2.45) is 0 Å². The van der Waals surface area contributed by atoms with Crippen LogP contribution < -0.4 is 10.0 Å². The van der Waals surface area contributed by atoms with E-state index in [0.717, 1.165) is 16.7 Å². The fraction of sp³-hybridized carbons (Fsp3) is 0.174. The molecule has 5 nitrogen and oxygen atoms in total. The van der Waals surface area contributed by atoms with Gasteiger partial charge in [0.15, 0.2) is 0 Å². The molecular weight excluding hydrogens is 455 g/mol. The standard InChI is InChI=1S/C23H22Cl2N2O3S/c1-15-7-6-10-20(16(15)2)26-23(28)21(13-17-8-4-3-5-9-17)27-31(29,30)22-14-18(24)11-12-19(22)25/h3-12,14,21,27H,13H2,1-2H3,(H,26,28)/t21-/m0/s1. The van der Waals surface area contributed by atoms with Gasteiger partial charge in [-0.2, -0.15) is 4.72 Å². The SMILES string of the molecule is Cc1cccc(NC(=O)[C@H](Cc2ccccc2)NS(=O)(=O)c2cc(Cl)ccc2Cl)c1C. The van der Waals surface area contributed by atoms with Crippen molar-refractivity contribution in [2.75, 3.05) is 5.32 Å². The summed E-state index contributed by atoms with van der Waals surface area (Å²) in [5, 5.41) is 3.09. The van der Waals surface area contributed by atoms with Crippen LogP contribution in [0.3, 0.4) is 0 Å². The molecule has 8 heteroatoms. The molecule has 3 rings (SSSR count). The summed E-state index contributed by atoms with van der Waals surface area (Å²) in [4.78, 5) is 13.0. The van der Waals surface area contributed by atoms with Gasteiger partial charge in [0.25, 0.3) is 0 Å². The number of rotatable bonds is 7. The van der Waals surface area contributed by atoms with Crippen molar-refractivity contribution in [3.05, 3.63) is 93.5 Å². The average molecular weight is 477 g/mol. The van der Waals surface area contributed by atoms with Crippen LogP contribution in [0.4, 0.5) is 5.69 Å². The fourth-order valence-electron chi connectivity index (χ4n) is 3.08. The number of nitrogens with one attached hydrogen (secondary N) is 2. The highest BCUT2D eigenvalue weighted by Gasteiger charge is 2.28.